The second-order valence-corrected chi connectivity index (χ2v) is 12.9. The summed E-state index contributed by atoms with van der Waals surface area (Å²) >= 11 is 9.86. The molecule has 0 aliphatic carbocycles. The minimum atomic E-state index is -2.44. The van der Waals surface area contributed by atoms with Gasteiger partial charge in [0.2, 0.25) is 0 Å². The molecule has 2 N–H and O–H groups in total. The lowest BCUT2D eigenvalue weighted by molar-refractivity contribution is -0.137. The van der Waals surface area contributed by atoms with Crippen molar-refractivity contribution in [2.75, 3.05) is 11.4 Å². The number of hydrogen-bond donors (Lipinski definition) is 2. The van der Waals surface area contributed by atoms with Gasteiger partial charge in [0.05, 0.1) is 89.5 Å². The minimum absolute atomic E-state index is 0.0356. The number of nitrogens with zero attached hydrogens (tertiary/aromatic N) is 2. The molecule has 1 aliphatic heterocycles. The maximum Gasteiger partial charge on any atom is 0.303 e. The van der Waals surface area contributed by atoms with E-state index >= 15 is 0 Å². The summed E-state index contributed by atoms with van der Waals surface area (Å²) in [5.74, 6) is -2.12. The number of fused-ring (bicyclic) bond motifs is 1. The van der Waals surface area contributed by atoms with Crippen molar-refractivity contribution in [1.82, 2.24) is 10.3 Å². The number of halogens is 2. The molecule has 1 amide bonds. The Bertz CT molecular complexity index is 1640. The third-order valence-electron chi connectivity index (χ3n) is 8.60. The number of nitrogens with one attached hydrogen (secondary N) is 1. The minimum Gasteiger partial charge on any atom is -0.481 e. The molecule has 1 fully saturated rings. The Labute approximate surface area is 290 Å². The largest absolute Gasteiger partial charge is 0.481 e. The molecule has 20 radical (unpaired) electrons. The number of aliphatic carboxylic acids is 1. The zero-order chi connectivity index (χ0) is 33.9. The number of carbonyl (C=O) groups excluding carboxylic acids is 1. The number of amides is 1. The first kappa shape index (κ1) is 35.9. The molecule has 3 aromatic rings. The van der Waals surface area contributed by atoms with Gasteiger partial charge in [-0.1, -0.05) is 45.7 Å². The number of hydrogen-bond acceptors (Lipinski definition) is 4. The van der Waals surface area contributed by atoms with Gasteiger partial charge in [0.1, 0.15) is 5.82 Å². The summed E-state index contributed by atoms with van der Waals surface area (Å²) in [6.45, 7) is 1.59. The van der Waals surface area contributed by atoms with Crippen LogP contribution in [0.5, 0.6) is 0 Å². The normalized spacial score (nSPS) is 19.8. The monoisotopic (exact) mass is 657 g/mol. The van der Waals surface area contributed by atoms with E-state index in [9.17, 15) is 14.7 Å². The molecule has 1 aliphatic rings. The van der Waals surface area contributed by atoms with Crippen molar-refractivity contribution in [3.63, 3.8) is 0 Å². The first-order valence-corrected chi connectivity index (χ1v) is 14.8. The van der Waals surface area contributed by atoms with Crippen LogP contribution in [-0.4, -0.2) is 118 Å². The number of benzene rings is 2. The van der Waals surface area contributed by atoms with Gasteiger partial charge in [0.15, 0.2) is 0 Å². The van der Waals surface area contributed by atoms with Crippen LogP contribution < -0.4 is 10.2 Å². The van der Waals surface area contributed by atoms with Gasteiger partial charge in [-0.2, -0.15) is 0 Å². The molecular formula is C27H19B10BrClN3O3. The molecule has 1 saturated heterocycles. The van der Waals surface area contributed by atoms with E-state index in [-0.39, 0.29) is 36.3 Å². The van der Waals surface area contributed by atoms with Crippen LogP contribution in [0.25, 0.3) is 10.9 Å². The van der Waals surface area contributed by atoms with Crippen LogP contribution in [0.4, 0.5) is 5.82 Å². The van der Waals surface area contributed by atoms with Gasteiger partial charge < -0.3 is 15.3 Å². The molecule has 0 saturated carbocycles. The number of carboxylic acids is 1. The van der Waals surface area contributed by atoms with E-state index in [0.29, 0.717) is 26.0 Å². The van der Waals surface area contributed by atoms with Crippen molar-refractivity contribution in [3.8, 4) is 0 Å². The molecule has 6 nitrogen and oxygen atoms in total. The van der Waals surface area contributed by atoms with Gasteiger partial charge in [0, 0.05) is 39.3 Å². The molecule has 4 rings (SSSR count). The Morgan fingerprint density at radius 1 is 0.956 bits per heavy atom. The predicted octanol–water partition coefficient (Wildman–Crippen LogP) is 1.50. The van der Waals surface area contributed by atoms with Crippen molar-refractivity contribution < 1.29 is 14.7 Å². The summed E-state index contributed by atoms with van der Waals surface area (Å²) in [6, 6.07) is 12.0. The van der Waals surface area contributed by atoms with E-state index in [1.54, 1.807) is 49.4 Å². The Balaban J connectivity index is 1.88. The summed E-state index contributed by atoms with van der Waals surface area (Å²) in [5.41, 5.74) is 1.28. The molecule has 2 heterocycles. The fraction of sp³-hybridized carbons (Fsp3) is 0.370. The highest BCUT2D eigenvalue weighted by molar-refractivity contribution is 9.10. The van der Waals surface area contributed by atoms with Crippen LogP contribution in [-0.2, 0) is 4.79 Å². The van der Waals surface area contributed by atoms with E-state index in [1.165, 1.54) is 0 Å². The van der Waals surface area contributed by atoms with Crippen LogP contribution in [0.1, 0.15) is 40.2 Å². The maximum atomic E-state index is 14.1. The number of anilines is 1. The van der Waals surface area contributed by atoms with E-state index < -0.39 is 44.1 Å². The number of carbonyl (C=O) groups is 2. The molecule has 18 heteroatoms. The van der Waals surface area contributed by atoms with Gasteiger partial charge in [-0.15, -0.1) is 15.6 Å². The Morgan fingerprint density at radius 2 is 1.53 bits per heavy atom. The second-order valence-electron chi connectivity index (χ2n) is 11.6. The summed E-state index contributed by atoms with van der Waals surface area (Å²) in [6.07, 6.45) is 0.0542. The zero-order valence-corrected chi connectivity index (χ0v) is 26.8. The van der Waals surface area contributed by atoms with Crippen LogP contribution in [0.15, 0.2) is 46.9 Å². The van der Waals surface area contributed by atoms with Gasteiger partial charge in [-0.25, -0.2) is 4.98 Å². The molecule has 1 atom stereocenters. The number of rotatable bonds is 8. The summed E-state index contributed by atoms with van der Waals surface area (Å²) < 4.78 is 0.646. The van der Waals surface area contributed by atoms with Crippen molar-refractivity contribution >= 4 is 135 Å². The zero-order valence-electron chi connectivity index (χ0n) is 24.4. The van der Waals surface area contributed by atoms with Crippen LogP contribution in [0, 0.1) is 6.92 Å². The lowest BCUT2D eigenvalue weighted by atomic mass is 9.05. The second kappa shape index (κ2) is 12.2. The average molecular weight is 657 g/mol. The van der Waals surface area contributed by atoms with Gasteiger partial charge in [0.25, 0.3) is 5.91 Å². The molecule has 204 valence electrons. The quantitative estimate of drug-likeness (QED) is 0.360. The van der Waals surface area contributed by atoms with Crippen LogP contribution in [0.2, 0.25) is 20.7 Å². The molecule has 2 aromatic carbocycles. The summed E-state index contributed by atoms with van der Waals surface area (Å²) in [4.78, 5) is 31.1. The Morgan fingerprint density at radius 3 is 2.09 bits per heavy atom. The van der Waals surface area contributed by atoms with Crippen LogP contribution >= 0.6 is 27.5 Å². The molecular weight excluding hydrogens is 638 g/mol. The van der Waals surface area contributed by atoms with E-state index in [2.05, 4.69) is 26.2 Å². The predicted molar refractivity (Wildman–Crippen MR) is 191 cm³/mol. The van der Waals surface area contributed by atoms with Crippen molar-refractivity contribution in [3.05, 3.63) is 68.7 Å². The first-order valence-electron chi connectivity index (χ1n) is 13.6. The van der Waals surface area contributed by atoms with E-state index in [0.717, 1.165) is 4.90 Å². The fourth-order valence-corrected chi connectivity index (χ4v) is 6.29. The van der Waals surface area contributed by atoms with Gasteiger partial charge in [-0.3, -0.25) is 9.59 Å². The van der Waals surface area contributed by atoms with E-state index in [1.807, 2.05) is 0 Å². The van der Waals surface area contributed by atoms with Crippen molar-refractivity contribution in [1.29, 1.82) is 0 Å². The summed E-state index contributed by atoms with van der Waals surface area (Å²) in [5, 5.41) is 0.895. The summed E-state index contributed by atoms with van der Waals surface area (Å²) in [7, 11) is 63.8. The average Bonchev–Trinajstić information content (AvgIpc) is 2.93. The molecule has 1 aromatic heterocycles. The molecule has 0 bridgehead atoms. The topological polar surface area (TPSA) is 82.5 Å². The van der Waals surface area contributed by atoms with Crippen molar-refractivity contribution in [2.45, 2.75) is 52.0 Å². The number of aromatic nitrogens is 1. The third-order valence-corrected chi connectivity index (χ3v) is 9.44. The first-order chi connectivity index (χ1) is 20.6. The lowest BCUT2D eigenvalue weighted by Gasteiger charge is -2.79. The SMILES string of the molecule is [B]C1([B])N(c2nc3ccc(Br)cc3c(C(=O)NCC(CCC(=O)O)c3ccccc3Cl)c2C)C([B])([B])C([B])([B])C([B])([B])C1([B])[B]. The number of carboxylic acid groups (broad SMARTS) is 1. The van der Waals surface area contributed by atoms with Crippen molar-refractivity contribution in [2.24, 2.45) is 0 Å². The Kier molecular flexibility index (Phi) is 9.74. The smallest absolute Gasteiger partial charge is 0.303 e. The highest BCUT2D eigenvalue weighted by Crippen LogP contribution is 2.69. The highest BCUT2D eigenvalue weighted by atomic mass is 79.9. The Hall–Kier alpha value is -1.99. The number of pyridine rings is 1. The molecule has 1 unspecified atom stereocenters. The van der Waals surface area contributed by atoms with E-state index in [4.69, 9.17) is 90.1 Å². The highest BCUT2D eigenvalue weighted by Gasteiger charge is 2.64. The fourth-order valence-electron chi connectivity index (χ4n) is 5.64. The third kappa shape index (κ3) is 5.76. The number of piperidine rings is 1. The standard InChI is InChI=1S/C27H19B10BrClN3O3/c1-12-20(22(45)40-11-13(6-9-19(43)44)15-4-2-3-5-17(15)39)16-10-14(38)7-8-18(16)41-21(12)42-26(34,35)24(30,31)23(28,29)25(32,33)27(42,36)37/h2-5,7-8,10,13H,6,9,11H2,1H3,(H,40,45)(H,43,44). The molecule has 45 heavy (non-hydrogen) atoms. The van der Waals surface area contributed by atoms with Crippen LogP contribution in [0.3, 0.4) is 0 Å². The lowest BCUT2D eigenvalue weighted by Crippen LogP contribution is -2.81. The maximum absolute atomic E-state index is 14.1. The van der Waals surface area contributed by atoms with Gasteiger partial charge >= 0.3 is 5.97 Å². The van der Waals surface area contributed by atoms with Gasteiger partial charge in [-0.05, 0) is 53.8 Å². The molecule has 0 spiro atoms.